The van der Waals surface area contributed by atoms with Crippen LogP contribution in [0, 0.1) is 5.82 Å². The molecule has 1 N–H and O–H groups in total. The molecule has 0 fully saturated rings. The Bertz CT molecular complexity index is 546. The van der Waals surface area contributed by atoms with E-state index in [4.69, 9.17) is 11.6 Å². The maximum absolute atomic E-state index is 12.6. The second kappa shape index (κ2) is 4.84. The van der Waals surface area contributed by atoms with E-state index < -0.39 is 11.7 Å². The number of carbonyl (C=O) groups is 1. The van der Waals surface area contributed by atoms with E-state index in [-0.39, 0.29) is 16.7 Å². The van der Waals surface area contributed by atoms with E-state index in [2.05, 4.69) is 20.3 Å². The maximum atomic E-state index is 12.6. The third-order valence-electron chi connectivity index (χ3n) is 1.84. The van der Waals surface area contributed by atoms with Crippen molar-refractivity contribution in [3.63, 3.8) is 0 Å². The highest BCUT2D eigenvalue weighted by Crippen LogP contribution is 2.09. The number of hydrogen-bond acceptors (Lipinski definition) is 4. The van der Waals surface area contributed by atoms with Gasteiger partial charge in [0.15, 0.2) is 0 Å². The molecule has 2 aromatic heterocycles. The van der Waals surface area contributed by atoms with Gasteiger partial charge in [0.05, 0.1) is 6.20 Å². The van der Waals surface area contributed by atoms with Crippen molar-refractivity contribution in [2.75, 3.05) is 5.32 Å². The molecule has 0 saturated carbocycles. The van der Waals surface area contributed by atoms with Gasteiger partial charge in [0.2, 0.25) is 0 Å². The van der Waals surface area contributed by atoms with E-state index >= 15 is 0 Å². The van der Waals surface area contributed by atoms with Gasteiger partial charge in [-0.25, -0.2) is 19.3 Å². The van der Waals surface area contributed by atoms with Crippen molar-refractivity contribution in [1.29, 1.82) is 0 Å². The number of anilines is 1. The van der Waals surface area contributed by atoms with Crippen LogP contribution in [0.5, 0.6) is 0 Å². The first-order valence-corrected chi connectivity index (χ1v) is 4.93. The van der Waals surface area contributed by atoms with Crippen LogP contribution in [0.4, 0.5) is 10.2 Å². The minimum absolute atomic E-state index is 0.0844. The van der Waals surface area contributed by atoms with Crippen LogP contribution >= 0.6 is 11.6 Å². The number of hydrogen-bond donors (Lipinski definition) is 1. The van der Waals surface area contributed by atoms with Gasteiger partial charge in [-0.3, -0.25) is 4.79 Å². The minimum Gasteiger partial charge on any atom is -0.305 e. The van der Waals surface area contributed by atoms with Gasteiger partial charge in [-0.15, -0.1) is 0 Å². The molecule has 0 spiro atoms. The van der Waals surface area contributed by atoms with Crippen LogP contribution in [0.15, 0.2) is 30.7 Å². The molecule has 17 heavy (non-hydrogen) atoms. The smallest absolute Gasteiger partial charge is 0.275 e. The van der Waals surface area contributed by atoms with Gasteiger partial charge in [-0.05, 0) is 12.1 Å². The zero-order chi connectivity index (χ0) is 12.3. The lowest BCUT2D eigenvalue weighted by Gasteiger charge is -2.03. The van der Waals surface area contributed by atoms with Gasteiger partial charge in [0, 0.05) is 6.07 Å². The Morgan fingerprint density at radius 2 is 2.12 bits per heavy atom. The molecule has 0 unspecified atom stereocenters. The highest BCUT2D eigenvalue weighted by molar-refractivity contribution is 6.29. The van der Waals surface area contributed by atoms with E-state index in [1.165, 1.54) is 18.5 Å². The first kappa shape index (κ1) is 11.4. The first-order chi connectivity index (χ1) is 8.15. The van der Waals surface area contributed by atoms with Gasteiger partial charge in [0.25, 0.3) is 5.91 Å². The molecule has 86 valence electrons. The highest BCUT2D eigenvalue weighted by atomic mass is 35.5. The summed E-state index contributed by atoms with van der Waals surface area (Å²) in [5, 5.41) is 2.67. The summed E-state index contributed by atoms with van der Waals surface area (Å²) >= 11 is 5.63. The van der Waals surface area contributed by atoms with Crippen LogP contribution in [0.2, 0.25) is 5.15 Å². The Balaban J connectivity index is 2.14. The van der Waals surface area contributed by atoms with Gasteiger partial charge >= 0.3 is 0 Å². The topological polar surface area (TPSA) is 67.8 Å². The maximum Gasteiger partial charge on any atom is 0.275 e. The summed E-state index contributed by atoms with van der Waals surface area (Å²) < 4.78 is 12.6. The number of amides is 1. The molecule has 0 aliphatic heterocycles. The lowest BCUT2D eigenvalue weighted by atomic mass is 10.3. The zero-order valence-corrected chi connectivity index (χ0v) is 9.15. The Morgan fingerprint density at radius 1 is 1.29 bits per heavy atom. The largest absolute Gasteiger partial charge is 0.305 e. The van der Waals surface area contributed by atoms with Crippen LogP contribution in [-0.4, -0.2) is 20.9 Å². The molecule has 1 amide bonds. The summed E-state index contributed by atoms with van der Waals surface area (Å²) in [5.74, 6) is -0.757. The van der Waals surface area contributed by atoms with Crippen LogP contribution in [-0.2, 0) is 0 Å². The van der Waals surface area contributed by atoms with Crippen LogP contribution < -0.4 is 5.32 Å². The molecule has 2 rings (SSSR count). The van der Waals surface area contributed by atoms with E-state index in [0.29, 0.717) is 0 Å². The number of rotatable bonds is 2. The fourth-order valence-electron chi connectivity index (χ4n) is 1.09. The van der Waals surface area contributed by atoms with Crippen molar-refractivity contribution in [2.24, 2.45) is 0 Å². The SMILES string of the molecule is O=C(Nc1cc(Cl)ncn1)c1ccc(F)cn1. The predicted molar refractivity (Wildman–Crippen MR) is 59.2 cm³/mol. The molecule has 0 atom stereocenters. The molecule has 5 nitrogen and oxygen atoms in total. The van der Waals surface area contributed by atoms with Crippen LogP contribution in [0.25, 0.3) is 0 Å². The molecule has 0 aliphatic carbocycles. The summed E-state index contributed by atoms with van der Waals surface area (Å²) in [6, 6.07) is 3.81. The van der Waals surface area contributed by atoms with Gasteiger partial charge in [0.1, 0.15) is 28.8 Å². The first-order valence-electron chi connectivity index (χ1n) is 4.55. The summed E-state index contributed by atoms with van der Waals surface area (Å²) in [7, 11) is 0. The Labute approximate surface area is 101 Å². The van der Waals surface area contributed by atoms with Crippen molar-refractivity contribution in [1.82, 2.24) is 15.0 Å². The third kappa shape index (κ3) is 2.94. The summed E-state index contributed by atoms with van der Waals surface area (Å²) in [6.07, 6.45) is 2.18. The van der Waals surface area contributed by atoms with Gasteiger partial charge < -0.3 is 5.32 Å². The number of carbonyl (C=O) groups excluding carboxylic acids is 1. The van der Waals surface area contributed by atoms with Crippen LogP contribution in [0.1, 0.15) is 10.5 Å². The fourth-order valence-corrected chi connectivity index (χ4v) is 1.24. The van der Waals surface area contributed by atoms with E-state index in [9.17, 15) is 9.18 Å². The van der Waals surface area contributed by atoms with E-state index in [1.807, 2.05) is 0 Å². The Kier molecular flexibility index (Phi) is 3.24. The quantitative estimate of drug-likeness (QED) is 0.829. The fraction of sp³-hybridized carbons (Fsp3) is 0. The monoisotopic (exact) mass is 252 g/mol. The normalized spacial score (nSPS) is 10.0. The number of aromatic nitrogens is 3. The standard InChI is InChI=1S/C10H6ClFN4O/c11-8-3-9(15-5-14-8)16-10(17)7-2-1-6(12)4-13-7/h1-5H,(H,14,15,16,17). The second-order valence-corrected chi connectivity index (χ2v) is 3.43. The third-order valence-corrected chi connectivity index (χ3v) is 2.04. The van der Waals surface area contributed by atoms with Gasteiger partial charge in [-0.2, -0.15) is 0 Å². The lowest BCUT2D eigenvalue weighted by molar-refractivity contribution is 0.102. The molecule has 2 aromatic rings. The summed E-state index contributed by atoms with van der Waals surface area (Å²) in [4.78, 5) is 22.7. The highest BCUT2D eigenvalue weighted by Gasteiger charge is 2.08. The molecule has 0 aromatic carbocycles. The van der Waals surface area contributed by atoms with Crippen molar-refractivity contribution in [3.05, 3.63) is 47.4 Å². The number of nitrogens with zero attached hydrogens (tertiary/aromatic N) is 3. The average Bonchev–Trinajstić information content (AvgIpc) is 2.29. The molecule has 7 heteroatoms. The Hall–Kier alpha value is -2.08. The number of pyridine rings is 1. The van der Waals surface area contributed by atoms with Crippen molar-refractivity contribution in [2.45, 2.75) is 0 Å². The molecular weight excluding hydrogens is 247 g/mol. The molecule has 0 saturated heterocycles. The molecular formula is C10H6ClFN4O. The van der Waals surface area contributed by atoms with Crippen molar-refractivity contribution < 1.29 is 9.18 Å². The lowest BCUT2D eigenvalue weighted by Crippen LogP contribution is -2.14. The van der Waals surface area contributed by atoms with Crippen LogP contribution in [0.3, 0.4) is 0 Å². The molecule has 2 heterocycles. The van der Waals surface area contributed by atoms with Gasteiger partial charge in [-0.1, -0.05) is 11.6 Å². The van der Waals surface area contributed by atoms with E-state index in [0.717, 1.165) is 12.3 Å². The zero-order valence-electron chi connectivity index (χ0n) is 8.39. The Morgan fingerprint density at radius 3 is 2.76 bits per heavy atom. The molecule has 0 aliphatic rings. The van der Waals surface area contributed by atoms with Crippen molar-refractivity contribution in [3.8, 4) is 0 Å². The van der Waals surface area contributed by atoms with E-state index in [1.54, 1.807) is 0 Å². The minimum atomic E-state index is -0.508. The number of halogens is 2. The summed E-state index contributed by atoms with van der Waals surface area (Å²) in [6.45, 7) is 0. The molecule has 0 bridgehead atoms. The molecule has 0 radical (unpaired) electrons. The average molecular weight is 253 g/mol. The van der Waals surface area contributed by atoms with Crippen molar-refractivity contribution >= 4 is 23.3 Å². The summed E-state index contributed by atoms with van der Waals surface area (Å²) in [5.41, 5.74) is 0.0844. The predicted octanol–water partition coefficient (Wildman–Crippen LogP) is 1.92. The number of nitrogens with one attached hydrogen (secondary N) is 1. The second-order valence-electron chi connectivity index (χ2n) is 3.04.